The van der Waals surface area contributed by atoms with E-state index in [1.54, 1.807) is 0 Å². The molecule has 6 heteroatoms. The summed E-state index contributed by atoms with van der Waals surface area (Å²) in [4.78, 5) is 0. The van der Waals surface area contributed by atoms with Crippen molar-refractivity contribution >= 4 is 25.2 Å². The number of aliphatic hydroxyl groups excluding tert-OH is 1. The molecule has 0 radical (unpaired) electrons. The molecule has 4 nitrogen and oxygen atoms in total. The Bertz CT molecular complexity index is 827. The summed E-state index contributed by atoms with van der Waals surface area (Å²) in [6, 6.07) is 18.8. The molecule has 4 atom stereocenters. The van der Waals surface area contributed by atoms with Gasteiger partial charge in [-0.2, -0.15) is 0 Å². The molecule has 0 amide bonds. The molecule has 4 rings (SSSR count). The van der Waals surface area contributed by atoms with Crippen molar-refractivity contribution in [3.05, 3.63) is 67.8 Å². The maximum absolute atomic E-state index is 14.3. The Morgan fingerprint density at radius 3 is 1.82 bits per heavy atom. The van der Waals surface area contributed by atoms with Crippen molar-refractivity contribution in [1.82, 2.24) is 0 Å². The first-order valence-corrected chi connectivity index (χ1v) is 16.7. The number of fused-ring (bicyclic) bond motifs is 1. The summed E-state index contributed by atoms with van der Waals surface area (Å²) in [5.41, 5.74) is 0. The Kier molecular flexibility index (Phi) is 5.70. The molecule has 2 aromatic carbocycles. The van der Waals surface area contributed by atoms with Crippen LogP contribution in [0.3, 0.4) is 0 Å². The average molecular weight is 516 g/mol. The summed E-state index contributed by atoms with van der Waals surface area (Å²) in [5.74, 6) is -0.0558. The summed E-state index contributed by atoms with van der Waals surface area (Å²) in [6.45, 7) is -4.95. The van der Waals surface area contributed by atoms with Gasteiger partial charge in [0.25, 0.3) is 0 Å². The topological polar surface area (TPSA) is 77.8 Å². The van der Waals surface area contributed by atoms with Crippen LogP contribution in [0.25, 0.3) is 0 Å². The SMILES string of the molecule is O=S(O)(O)(C1CCCC2C(O)CCCC21)I(c1ccccc1)c1ccccc1. The summed E-state index contributed by atoms with van der Waals surface area (Å²) < 4.78 is 39.3. The molecule has 0 spiro atoms. The average Bonchev–Trinajstić information content (AvgIpc) is 2.69. The van der Waals surface area contributed by atoms with E-state index in [2.05, 4.69) is 0 Å². The Hall–Kier alpha value is -0.800. The first-order chi connectivity index (χ1) is 13.4. The second-order valence-corrected chi connectivity index (χ2v) is 21.2. The molecular weight excluding hydrogens is 487 g/mol. The normalized spacial score (nSPS) is 30.0. The van der Waals surface area contributed by atoms with Crippen molar-refractivity contribution in [2.24, 2.45) is 11.8 Å². The molecular formula is C22H29IO4S. The number of benzene rings is 2. The van der Waals surface area contributed by atoms with Gasteiger partial charge in [-0.15, -0.1) is 0 Å². The molecule has 0 heterocycles. The third-order valence-corrected chi connectivity index (χ3v) is 21.4. The van der Waals surface area contributed by atoms with Crippen LogP contribution in [0.15, 0.2) is 60.7 Å². The fraction of sp³-hybridized carbons (Fsp3) is 0.455. The fourth-order valence-electron chi connectivity index (χ4n) is 5.04. The van der Waals surface area contributed by atoms with Crippen molar-refractivity contribution in [2.45, 2.75) is 49.9 Å². The maximum atomic E-state index is 14.3. The van der Waals surface area contributed by atoms with Crippen LogP contribution in [-0.4, -0.2) is 29.8 Å². The monoisotopic (exact) mass is 516 g/mol. The quantitative estimate of drug-likeness (QED) is 0.384. The summed E-state index contributed by atoms with van der Waals surface area (Å²) in [7, 11) is 0. The number of aliphatic hydroxyl groups is 1. The predicted octanol–water partition coefficient (Wildman–Crippen LogP) is 5.24. The second kappa shape index (κ2) is 7.80. The first-order valence-electron chi connectivity index (χ1n) is 10.0. The van der Waals surface area contributed by atoms with Crippen LogP contribution < -0.4 is 0 Å². The molecule has 0 aliphatic heterocycles. The Labute approximate surface area is 172 Å². The molecule has 2 aliphatic rings. The van der Waals surface area contributed by atoms with E-state index in [1.807, 2.05) is 60.7 Å². The van der Waals surface area contributed by atoms with Gasteiger partial charge in [0.15, 0.2) is 0 Å². The first kappa shape index (κ1) is 20.5. The molecule has 2 saturated carbocycles. The van der Waals surface area contributed by atoms with Gasteiger partial charge in [-0.25, -0.2) is 0 Å². The van der Waals surface area contributed by atoms with Crippen LogP contribution in [0.1, 0.15) is 38.5 Å². The minimum absolute atomic E-state index is 0.0283. The van der Waals surface area contributed by atoms with Gasteiger partial charge in [0.1, 0.15) is 0 Å². The van der Waals surface area contributed by atoms with E-state index in [0.29, 0.717) is 6.42 Å². The molecule has 154 valence electrons. The number of halogens is 1. The van der Waals surface area contributed by atoms with Crippen molar-refractivity contribution in [3.63, 3.8) is 0 Å². The van der Waals surface area contributed by atoms with E-state index in [1.165, 1.54) is 0 Å². The molecule has 0 saturated heterocycles. The van der Waals surface area contributed by atoms with Crippen LogP contribution in [-0.2, 0) is 6.80 Å². The van der Waals surface area contributed by atoms with E-state index in [0.717, 1.165) is 39.2 Å². The molecule has 28 heavy (non-hydrogen) atoms. The van der Waals surface area contributed by atoms with Gasteiger partial charge in [-0.1, -0.05) is 0 Å². The Morgan fingerprint density at radius 2 is 1.25 bits per heavy atom. The predicted molar refractivity (Wildman–Crippen MR) is 122 cm³/mol. The van der Waals surface area contributed by atoms with E-state index in [-0.39, 0.29) is 11.8 Å². The van der Waals surface area contributed by atoms with Gasteiger partial charge in [0.05, 0.1) is 0 Å². The van der Waals surface area contributed by atoms with Gasteiger partial charge in [-0.3, -0.25) is 0 Å². The zero-order valence-corrected chi connectivity index (χ0v) is 18.8. The van der Waals surface area contributed by atoms with Crippen molar-refractivity contribution in [3.8, 4) is 0 Å². The molecule has 2 aliphatic carbocycles. The van der Waals surface area contributed by atoms with E-state index < -0.39 is 36.6 Å². The van der Waals surface area contributed by atoms with Gasteiger partial charge >= 0.3 is 173 Å². The zero-order chi connectivity index (χ0) is 19.8. The van der Waals surface area contributed by atoms with Crippen molar-refractivity contribution in [2.75, 3.05) is 0 Å². The van der Waals surface area contributed by atoms with Gasteiger partial charge in [0, 0.05) is 0 Å². The molecule has 0 aromatic heterocycles. The van der Waals surface area contributed by atoms with E-state index in [4.69, 9.17) is 0 Å². The van der Waals surface area contributed by atoms with Gasteiger partial charge in [0.2, 0.25) is 0 Å². The van der Waals surface area contributed by atoms with Crippen LogP contribution in [0.5, 0.6) is 0 Å². The second-order valence-electron chi connectivity index (χ2n) is 7.96. The zero-order valence-electron chi connectivity index (χ0n) is 15.9. The van der Waals surface area contributed by atoms with Crippen LogP contribution in [0.4, 0.5) is 0 Å². The van der Waals surface area contributed by atoms with Crippen molar-refractivity contribution in [1.29, 1.82) is 0 Å². The van der Waals surface area contributed by atoms with Gasteiger partial charge in [-0.05, 0) is 0 Å². The third kappa shape index (κ3) is 3.69. The van der Waals surface area contributed by atoms with Crippen LogP contribution >= 0.6 is 18.4 Å². The van der Waals surface area contributed by atoms with Crippen molar-refractivity contribution < 1.29 is 18.4 Å². The Balaban J connectivity index is 1.83. The summed E-state index contributed by atoms with van der Waals surface area (Å²) in [6.07, 6.45) is 4.24. The van der Waals surface area contributed by atoms with Crippen LogP contribution in [0, 0.1) is 19.0 Å². The van der Waals surface area contributed by atoms with E-state index in [9.17, 15) is 18.4 Å². The fourth-order valence-corrected chi connectivity index (χ4v) is 21.3. The molecule has 2 fully saturated rings. The molecule has 0 bridgehead atoms. The molecule has 4 unspecified atom stereocenters. The molecule has 2 aromatic rings. The Morgan fingerprint density at radius 1 is 0.750 bits per heavy atom. The van der Waals surface area contributed by atoms with Gasteiger partial charge < -0.3 is 0 Å². The molecule has 3 N–H and O–H groups in total. The minimum atomic E-state index is -4.95. The summed E-state index contributed by atoms with van der Waals surface area (Å²) in [5, 5.41) is 9.85. The third-order valence-electron chi connectivity index (χ3n) is 6.25. The van der Waals surface area contributed by atoms with Crippen LogP contribution in [0.2, 0.25) is 0 Å². The number of hydrogen-bond donors (Lipinski definition) is 3. The standard InChI is InChI=1S/C22H29IO4S/c24-21-15-7-14-20-19(21)13-8-16-22(20)28(25,26,27)23(17-9-3-1-4-10-17)18-11-5-2-6-12-18/h1-6,9-12,19-22,24H,7-8,13-16H2,(H2,25,26,27). The summed E-state index contributed by atoms with van der Waals surface area (Å²) >= 11 is -3.09. The van der Waals surface area contributed by atoms with E-state index >= 15 is 0 Å². The number of hydrogen-bond acceptors (Lipinski definition) is 2. The number of rotatable bonds is 4.